The number of aromatic nitrogens is 2. The Bertz CT molecular complexity index is 628. The Labute approximate surface area is 136 Å². The highest BCUT2D eigenvalue weighted by molar-refractivity contribution is 7.32. The van der Waals surface area contributed by atoms with Crippen LogP contribution in [0.2, 0.25) is 0 Å². The Kier molecular flexibility index (Phi) is 6.83. The highest BCUT2D eigenvalue weighted by Gasteiger charge is 2.46. The molecular formula is C11H19N4O8P. The van der Waals surface area contributed by atoms with Crippen molar-refractivity contribution in [2.45, 2.75) is 24.5 Å². The zero-order chi connectivity index (χ0) is 17.7. The van der Waals surface area contributed by atoms with Crippen molar-refractivity contribution in [2.24, 2.45) is 5.90 Å². The van der Waals surface area contributed by atoms with Crippen LogP contribution in [0.1, 0.15) is 6.23 Å². The zero-order valence-corrected chi connectivity index (χ0v) is 13.5. The van der Waals surface area contributed by atoms with E-state index in [1.54, 1.807) is 0 Å². The van der Waals surface area contributed by atoms with Crippen LogP contribution in [0.15, 0.2) is 17.1 Å². The molecule has 0 aromatic carbocycles. The molecule has 2 heterocycles. The monoisotopic (exact) mass is 366 g/mol. The van der Waals surface area contributed by atoms with Gasteiger partial charge in [0.05, 0.1) is 19.8 Å². The molecule has 12 nitrogen and oxygen atoms in total. The lowest BCUT2D eigenvalue weighted by atomic mass is 10.1. The molecule has 13 heteroatoms. The van der Waals surface area contributed by atoms with E-state index in [9.17, 15) is 14.5 Å². The lowest BCUT2D eigenvalue weighted by Crippen LogP contribution is -2.37. The second-order valence-electron chi connectivity index (χ2n) is 4.89. The number of nitrogens with two attached hydrogens (primary N) is 2. The van der Waals surface area contributed by atoms with Crippen molar-refractivity contribution in [3.63, 3.8) is 0 Å². The van der Waals surface area contributed by atoms with Crippen LogP contribution in [0.25, 0.3) is 0 Å². The van der Waals surface area contributed by atoms with Gasteiger partial charge in [-0.15, -0.1) is 0 Å². The predicted molar refractivity (Wildman–Crippen MR) is 79.9 cm³/mol. The molecule has 1 saturated heterocycles. The van der Waals surface area contributed by atoms with Crippen molar-refractivity contribution in [1.29, 1.82) is 0 Å². The van der Waals surface area contributed by atoms with Gasteiger partial charge >= 0.3 is 13.9 Å². The maximum Gasteiger partial charge on any atom is 0.351 e. The summed E-state index contributed by atoms with van der Waals surface area (Å²) in [5, 5.41) is 10.3. The summed E-state index contributed by atoms with van der Waals surface area (Å²) in [4.78, 5) is 28.7. The fourth-order valence-corrected chi connectivity index (χ4v) is 2.80. The largest absolute Gasteiger partial charge is 0.386 e. The Hall–Kier alpha value is -1.37. The van der Waals surface area contributed by atoms with Crippen molar-refractivity contribution in [2.75, 3.05) is 25.6 Å². The molecule has 2 rings (SSSR count). The molecule has 5 atom stereocenters. The number of anilines is 1. The average Bonchev–Trinajstić information content (AvgIpc) is 2.80. The summed E-state index contributed by atoms with van der Waals surface area (Å²) in [5.41, 5.74) is 4.67. The predicted octanol–water partition coefficient (Wildman–Crippen LogP) is -2.24. The smallest absolute Gasteiger partial charge is 0.351 e. The van der Waals surface area contributed by atoms with Crippen LogP contribution in [0, 0.1) is 0 Å². The van der Waals surface area contributed by atoms with E-state index in [1.165, 1.54) is 12.3 Å². The standard InChI is InChI=1S/C11H19N4O8P/c12-7-1-2-15(11(17)14-7)10-8(16)9(23-24(18)19)6(22-10)5-20-3-4-21-13/h1-2,6,8-10,16,24H,3-5,13H2,(H,18,19)(H2,12,14,17)/t6-,8-,9-,10-/m1/s1. The number of nitrogens with zero attached hydrogens (tertiary/aromatic N) is 2. The van der Waals surface area contributed by atoms with Crippen molar-refractivity contribution in [3.05, 3.63) is 22.7 Å². The lowest BCUT2D eigenvalue weighted by molar-refractivity contribution is -0.0726. The van der Waals surface area contributed by atoms with Crippen LogP contribution >= 0.6 is 8.25 Å². The molecule has 0 amide bonds. The minimum atomic E-state index is -3.35. The molecule has 24 heavy (non-hydrogen) atoms. The lowest BCUT2D eigenvalue weighted by Gasteiger charge is -2.19. The van der Waals surface area contributed by atoms with E-state index in [4.69, 9.17) is 30.5 Å². The molecule has 1 aliphatic rings. The summed E-state index contributed by atoms with van der Waals surface area (Å²) in [6, 6.07) is 1.35. The second kappa shape index (κ2) is 8.65. The van der Waals surface area contributed by atoms with Crippen LogP contribution < -0.4 is 17.3 Å². The normalized spacial score (nSPS) is 28.1. The van der Waals surface area contributed by atoms with E-state index < -0.39 is 38.5 Å². The minimum absolute atomic E-state index is 0.0126. The molecule has 6 N–H and O–H groups in total. The highest BCUT2D eigenvalue weighted by Crippen LogP contribution is 2.35. The molecule has 1 unspecified atom stereocenters. The van der Waals surface area contributed by atoms with Crippen LogP contribution in [0.4, 0.5) is 5.82 Å². The third-order valence-corrected chi connectivity index (χ3v) is 3.77. The summed E-state index contributed by atoms with van der Waals surface area (Å²) in [7, 11) is -3.35. The van der Waals surface area contributed by atoms with E-state index >= 15 is 0 Å². The van der Waals surface area contributed by atoms with Gasteiger partial charge < -0.3 is 34.6 Å². The molecule has 0 aliphatic carbocycles. The summed E-state index contributed by atoms with van der Waals surface area (Å²) < 4.78 is 27.6. The summed E-state index contributed by atoms with van der Waals surface area (Å²) in [6.07, 6.45) is -3.34. The molecule has 0 bridgehead atoms. The van der Waals surface area contributed by atoms with Gasteiger partial charge in [0.2, 0.25) is 0 Å². The van der Waals surface area contributed by atoms with Gasteiger partial charge in [0.1, 0.15) is 24.1 Å². The van der Waals surface area contributed by atoms with Crippen molar-refractivity contribution < 1.29 is 33.4 Å². The average molecular weight is 366 g/mol. The molecule has 0 spiro atoms. The van der Waals surface area contributed by atoms with E-state index in [0.717, 1.165) is 4.57 Å². The number of ether oxygens (including phenoxy) is 2. The molecular weight excluding hydrogens is 347 g/mol. The Morgan fingerprint density at radius 3 is 2.83 bits per heavy atom. The van der Waals surface area contributed by atoms with E-state index in [0.29, 0.717) is 0 Å². The van der Waals surface area contributed by atoms with Crippen LogP contribution in [0.3, 0.4) is 0 Å². The Morgan fingerprint density at radius 2 is 2.21 bits per heavy atom. The quantitative estimate of drug-likeness (QED) is 0.222. The number of nitrogen functional groups attached to an aromatic ring is 1. The van der Waals surface area contributed by atoms with Crippen LogP contribution in [0.5, 0.6) is 0 Å². The van der Waals surface area contributed by atoms with E-state index in [-0.39, 0.29) is 25.6 Å². The van der Waals surface area contributed by atoms with Gasteiger partial charge in [-0.3, -0.25) is 9.13 Å². The molecule has 1 aromatic rings. The van der Waals surface area contributed by atoms with Gasteiger partial charge in [-0.05, 0) is 6.07 Å². The first-order chi connectivity index (χ1) is 11.4. The fraction of sp³-hybridized carbons (Fsp3) is 0.636. The van der Waals surface area contributed by atoms with Crippen molar-refractivity contribution in [1.82, 2.24) is 9.55 Å². The third kappa shape index (κ3) is 4.59. The first-order valence-electron chi connectivity index (χ1n) is 6.91. The number of hydrogen-bond donors (Lipinski definition) is 4. The SMILES string of the molecule is NOCCOC[C@H]1O[C@@H](n2ccc(N)nc2=O)[C@H](O)[C@@H]1O[PH](=O)O. The molecule has 1 aromatic heterocycles. The van der Waals surface area contributed by atoms with Crippen molar-refractivity contribution in [3.8, 4) is 0 Å². The Morgan fingerprint density at radius 1 is 1.46 bits per heavy atom. The first-order valence-corrected chi connectivity index (χ1v) is 8.17. The maximum absolute atomic E-state index is 11.9. The number of hydrogen-bond acceptors (Lipinski definition) is 10. The zero-order valence-electron chi connectivity index (χ0n) is 12.5. The summed E-state index contributed by atoms with van der Waals surface area (Å²) >= 11 is 0. The van der Waals surface area contributed by atoms with Gasteiger partial charge in [-0.2, -0.15) is 4.98 Å². The third-order valence-electron chi connectivity index (χ3n) is 3.30. The van der Waals surface area contributed by atoms with Gasteiger partial charge in [0.15, 0.2) is 6.23 Å². The fourth-order valence-electron chi connectivity index (χ4n) is 2.27. The Balaban J connectivity index is 2.15. The maximum atomic E-state index is 11.9. The number of aliphatic hydroxyl groups excluding tert-OH is 1. The summed E-state index contributed by atoms with van der Waals surface area (Å²) in [5.74, 6) is 4.88. The molecule has 0 radical (unpaired) electrons. The van der Waals surface area contributed by atoms with Gasteiger partial charge in [-0.25, -0.2) is 10.7 Å². The minimum Gasteiger partial charge on any atom is -0.386 e. The van der Waals surface area contributed by atoms with Gasteiger partial charge in [-0.1, -0.05) is 0 Å². The molecule has 1 fully saturated rings. The van der Waals surface area contributed by atoms with E-state index in [2.05, 4.69) is 9.82 Å². The number of aliphatic hydroxyl groups is 1. The van der Waals surface area contributed by atoms with Crippen LogP contribution in [-0.4, -0.2) is 57.7 Å². The van der Waals surface area contributed by atoms with Gasteiger partial charge in [0, 0.05) is 6.20 Å². The summed E-state index contributed by atoms with van der Waals surface area (Å²) in [6.45, 7) is 0.192. The van der Waals surface area contributed by atoms with Crippen LogP contribution in [-0.2, 0) is 23.4 Å². The second-order valence-corrected chi connectivity index (χ2v) is 5.66. The van der Waals surface area contributed by atoms with E-state index in [1.807, 2.05) is 0 Å². The molecule has 136 valence electrons. The first kappa shape index (κ1) is 19.0. The number of rotatable bonds is 8. The molecule has 1 aliphatic heterocycles. The topological polar surface area (TPSA) is 181 Å². The van der Waals surface area contributed by atoms with Crippen molar-refractivity contribution >= 4 is 14.1 Å². The van der Waals surface area contributed by atoms with Gasteiger partial charge in [0.25, 0.3) is 0 Å². The molecule has 0 saturated carbocycles. The highest BCUT2D eigenvalue weighted by atomic mass is 31.1.